The van der Waals surface area contributed by atoms with Crippen molar-refractivity contribution in [3.05, 3.63) is 29.3 Å². The maximum absolute atomic E-state index is 12.3. The third kappa shape index (κ3) is 2.75. The number of carbonyl (C=O) groups is 1. The molecule has 1 aromatic rings. The van der Waals surface area contributed by atoms with Crippen LogP contribution in [0.3, 0.4) is 0 Å². The van der Waals surface area contributed by atoms with E-state index in [-0.39, 0.29) is 23.6 Å². The van der Waals surface area contributed by atoms with Crippen LogP contribution in [0.25, 0.3) is 6.08 Å². The molecule has 1 aliphatic heterocycles. The van der Waals surface area contributed by atoms with Crippen LogP contribution in [0, 0.1) is 22.2 Å². The van der Waals surface area contributed by atoms with Gasteiger partial charge in [0.2, 0.25) is 6.79 Å². The SMILES string of the molecule is CC(C)(C)C(=O)ON=C1/C(=C/c2ccc3c(c2)OCO3)[C@H]2CC[C@@]1(C)C2(C)C. The molecule has 2 bridgehead atoms. The number of oxime groups is 1. The predicted octanol–water partition coefficient (Wildman–Crippen LogP) is 5.20. The number of nitrogens with zero attached hydrogens (tertiary/aromatic N) is 1. The van der Waals surface area contributed by atoms with E-state index in [1.165, 1.54) is 5.57 Å². The zero-order chi connectivity index (χ0) is 20.3. The van der Waals surface area contributed by atoms with Crippen molar-refractivity contribution >= 4 is 17.8 Å². The number of hydrogen-bond acceptors (Lipinski definition) is 5. The van der Waals surface area contributed by atoms with Crippen LogP contribution in [0.5, 0.6) is 11.5 Å². The van der Waals surface area contributed by atoms with Gasteiger partial charge in [0.1, 0.15) is 0 Å². The molecular formula is C23H29NO4. The molecule has 5 nitrogen and oxygen atoms in total. The van der Waals surface area contributed by atoms with Gasteiger partial charge in [0.15, 0.2) is 11.5 Å². The van der Waals surface area contributed by atoms with Crippen molar-refractivity contribution < 1.29 is 19.1 Å². The normalized spacial score (nSPS) is 30.3. The average molecular weight is 383 g/mol. The van der Waals surface area contributed by atoms with Crippen molar-refractivity contribution in [2.24, 2.45) is 27.3 Å². The summed E-state index contributed by atoms with van der Waals surface area (Å²) in [5.41, 5.74) is 2.48. The second-order valence-corrected chi connectivity index (χ2v) is 9.93. The lowest BCUT2D eigenvalue weighted by Gasteiger charge is -2.33. The van der Waals surface area contributed by atoms with E-state index in [1.807, 2.05) is 39.0 Å². The highest BCUT2D eigenvalue weighted by Crippen LogP contribution is 2.66. The van der Waals surface area contributed by atoms with Crippen molar-refractivity contribution in [1.82, 2.24) is 0 Å². The zero-order valence-electron chi connectivity index (χ0n) is 17.6. The Morgan fingerprint density at radius 3 is 2.64 bits per heavy atom. The first-order valence-corrected chi connectivity index (χ1v) is 9.95. The fraction of sp³-hybridized carbons (Fsp3) is 0.565. The Morgan fingerprint density at radius 1 is 1.21 bits per heavy atom. The predicted molar refractivity (Wildman–Crippen MR) is 108 cm³/mol. The van der Waals surface area contributed by atoms with Gasteiger partial charge in [-0.25, -0.2) is 4.79 Å². The summed E-state index contributed by atoms with van der Waals surface area (Å²) >= 11 is 0. The summed E-state index contributed by atoms with van der Waals surface area (Å²) in [7, 11) is 0. The topological polar surface area (TPSA) is 57.1 Å². The van der Waals surface area contributed by atoms with Crippen LogP contribution in [0.15, 0.2) is 28.9 Å². The number of fused-ring (bicyclic) bond motifs is 3. The third-order valence-electron chi connectivity index (χ3n) is 6.95. The van der Waals surface area contributed by atoms with Crippen LogP contribution in [0.1, 0.15) is 59.9 Å². The van der Waals surface area contributed by atoms with E-state index in [2.05, 4.69) is 32.0 Å². The van der Waals surface area contributed by atoms with E-state index in [0.717, 1.165) is 35.6 Å². The minimum atomic E-state index is -0.584. The van der Waals surface area contributed by atoms with Gasteiger partial charge in [-0.2, -0.15) is 0 Å². The molecule has 0 saturated heterocycles. The lowest BCUT2D eigenvalue weighted by molar-refractivity contribution is -0.153. The Labute approximate surface area is 166 Å². The van der Waals surface area contributed by atoms with Crippen LogP contribution >= 0.6 is 0 Å². The van der Waals surface area contributed by atoms with E-state index in [4.69, 9.17) is 14.3 Å². The van der Waals surface area contributed by atoms with E-state index >= 15 is 0 Å². The number of allylic oxidation sites excluding steroid dienone is 1. The molecule has 0 radical (unpaired) electrons. The van der Waals surface area contributed by atoms with Crippen LogP contribution < -0.4 is 9.47 Å². The largest absolute Gasteiger partial charge is 0.454 e. The van der Waals surface area contributed by atoms with Gasteiger partial charge in [0.05, 0.1) is 11.1 Å². The maximum atomic E-state index is 12.3. The molecule has 28 heavy (non-hydrogen) atoms. The molecule has 150 valence electrons. The molecule has 0 spiro atoms. The monoisotopic (exact) mass is 383 g/mol. The summed E-state index contributed by atoms with van der Waals surface area (Å²) in [5, 5.41) is 4.43. The van der Waals surface area contributed by atoms with Gasteiger partial charge in [-0.05, 0) is 74.3 Å². The molecular weight excluding hydrogens is 354 g/mol. The number of ether oxygens (including phenoxy) is 2. The Balaban J connectivity index is 1.74. The lowest BCUT2D eigenvalue weighted by Crippen LogP contribution is -2.33. The molecule has 0 aromatic heterocycles. The van der Waals surface area contributed by atoms with Gasteiger partial charge in [0.25, 0.3) is 0 Å². The van der Waals surface area contributed by atoms with Crippen molar-refractivity contribution in [2.45, 2.75) is 54.4 Å². The van der Waals surface area contributed by atoms with Crippen LogP contribution in [-0.4, -0.2) is 18.5 Å². The minimum Gasteiger partial charge on any atom is -0.454 e. The van der Waals surface area contributed by atoms with Crippen molar-refractivity contribution in [3.63, 3.8) is 0 Å². The molecule has 2 fully saturated rings. The highest BCUT2D eigenvalue weighted by atomic mass is 16.7. The third-order valence-corrected chi connectivity index (χ3v) is 6.95. The Hall–Kier alpha value is -2.30. The minimum absolute atomic E-state index is 0.0577. The zero-order valence-corrected chi connectivity index (χ0v) is 17.6. The first-order valence-electron chi connectivity index (χ1n) is 9.95. The summed E-state index contributed by atoms with van der Waals surface area (Å²) in [6, 6.07) is 5.96. The molecule has 0 amide bonds. The fourth-order valence-electron chi connectivity index (χ4n) is 4.68. The Kier molecular flexibility index (Phi) is 4.15. The van der Waals surface area contributed by atoms with E-state index in [0.29, 0.717) is 5.92 Å². The molecule has 5 heteroatoms. The molecule has 1 aromatic carbocycles. The molecule has 0 N–H and O–H groups in total. The van der Waals surface area contributed by atoms with Gasteiger partial charge < -0.3 is 14.3 Å². The molecule has 1 heterocycles. The van der Waals surface area contributed by atoms with Crippen LogP contribution in [-0.2, 0) is 9.63 Å². The fourth-order valence-corrected chi connectivity index (χ4v) is 4.68. The van der Waals surface area contributed by atoms with Gasteiger partial charge in [-0.1, -0.05) is 32.0 Å². The smallest absolute Gasteiger partial charge is 0.340 e. The van der Waals surface area contributed by atoms with Gasteiger partial charge >= 0.3 is 5.97 Å². The molecule has 4 rings (SSSR count). The standard InChI is InChI=1S/C23H29NO4/c1-21(2,3)20(25)28-24-19-15(16-9-10-23(19,6)22(16,4)5)11-14-7-8-17-18(12-14)27-13-26-17/h7-8,11-12,16H,9-10,13H2,1-6H3/b15-11+,24-19?/t16-,23-/m1/s1. The maximum Gasteiger partial charge on any atom is 0.340 e. The summed E-state index contributed by atoms with van der Waals surface area (Å²) in [6.07, 6.45) is 4.34. The second kappa shape index (κ2) is 6.10. The second-order valence-electron chi connectivity index (χ2n) is 9.93. The first kappa shape index (κ1) is 19.0. The number of benzene rings is 1. The van der Waals surface area contributed by atoms with Gasteiger partial charge in [-0.3, -0.25) is 0 Å². The molecule has 3 aliphatic rings. The van der Waals surface area contributed by atoms with Crippen molar-refractivity contribution in [2.75, 3.05) is 6.79 Å². The quantitative estimate of drug-likeness (QED) is 0.520. The van der Waals surface area contributed by atoms with Crippen LogP contribution in [0.4, 0.5) is 0 Å². The molecule has 0 unspecified atom stereocenters. The number of rotatable bonds is 2. The van der Waals surface area contributed by atoms with E-state index in [1.54, 1.807) is 0 Å². The van der Waals surface area contributed by atoms with E-state index in [9.17, 15) is 4.79 Å². The highest BCUT2D eigenvalue weighted by molar-refractivity contribution is 6.11. The Morgan fingerprint density at radius 2 is 1.93 bits per heavy atom. The molecule has 2 aliphatic carbocycles. The highest BCUT2D eigenvalue weighted by Gasteiger charge is 2.63. The van der Waals surface area contributed by atoms with E-state index < -0.39 is 5.41 Å². The lowest BCUT2D eigenvalue weighted by atomic mass is 9.70. The number of hydrogen-bond donors (Lipinski definition) is 0. The Bertz CT molecular complexity index is 890. The van der Waals surface area contributed by atoms with Gasteiger partial charge in [-0.15, -0.1) is 0 Å². The summed E-state index contributed by atoms with van der Waals surface area (Å²) < 4.78 is 10.9. The number of carbonyl (C=O) groups excluding carboxylic acids is 1. The summed E-state index contributed by atoms with van der Waals surface area (Å²) in [6.45, 7) is 12.6. The average Bonchev–Trinajstić information content (AvgIpc) is 3.20. The molecule has 2 atom stereocenters. The van der Waals surface area contributed by atoms with Crippen molar-refractivity contribution in [1.29, 1.82) is 0 Å². The van der Waals surface area contributed by atoms with Crippen molar-refractivity contribution in [3.8, 4) is 11.5 Å². The molecule has 2 saturated carbocycles. The summed E-state index contributed by atoms with van der Waals surface area (Å²) in [5.74, 6) is 1.61. The van der Waals surface area contributed by atoms with Gasteiger partial charge in [0, 0.05) is 5.41 Å². The summed E-state index contributed by atoms with van der Waals surface area (Å²) in [4.78, 5) is 17.7. The first-order chi connectivity index (χ1) is 13.0. The van der Waals surface area contributed by atoms with Crippen LogP contribution in [0.2, 0.25) is 0 Å².